The van der Waals surface area contributed by atoms with E-state index in [1.807, 2.05) is 0 Å². The van der Waals surface area contributed by atoms with Gasteiger partial charge in [-0.15, -0.1) is 0 Å². The molecule has 2 rings (SSSR count). The highest BCUT2D eigenvalue weighted by molar-refractivity contribution is 6.34. The standard InChI is InChI=1S/C17H21Cl2NO/c1-2-3-12-4-6-17(11-20,7-5-12)16(21)13-8-14(18)10-15(19)9-13/h8-10,12,16,21H,2-7H2,1H3. The molecule has 1 N–H and O–H groups in total. The Balaban J connectivity index is 2.19. The third-order valence-electron chi connectivity index (χ3n) is 4.64. The highest BCUT2D eigenvalue weighted by atomic mass is 35.5. The van der Waals surface area contributed by atoms with Crippen LogP contribution in [0.15, 0.2) is 18.2 Å². The molecule has 1 saturated carbocycles. The molecule has 2 nitrogen and oxygen atoms in total. The summed E-state index contributed by atoms with van der Waals surface area (Å²) in [5, 5.41) is 21.4. The van der Waals surface area contributed by atoms with Crippen LogP contribution in [0.4, 0.5) is 0 Å². The third kappa shape index (κ3) is 3.72. The molecule has 4 heteroatoms. The van der Waals surface area contributed by atoms with E-state index in [1.165, 1.54) is 12.8 Å². The molecule has 1 fully saturated rings. The number of aliphatic hydroxyl groups excluding tert-OH is 1. The average molecular weight is 326 g/mol. The van der Waals surface area contributed by atoms with E-state index in [2.05, 4.69) is 13.0 Å². The Labute approximate surface area is 136 Å². The maximum Gasteiger partial charge on any atom is 0.0977 e. The van der Waals surface area contributed by atoms with Crippen LogP contribution in [0.1, 0.15) is 57.1 Å². The van der Waals surface area contributed by atoms with Gasteiger partial charge in [0.1, 0.15) is 0 Å². The fourth-order valence-electron chi connectivity index (χ4n) is 3.39. The largest absolute Gasteiger partial charge is 0.387 e. The lowest BCUT2D eigenvalue weighted by Gasteiger charge is -2.38. The number of nitriles is 1. The number of benzene rings is 1. The second-order valence-electron chi connectivity index (χ2n) is 6.11. The van der Waals surface area contributed by atoms with Gasteiger partial charge >= 0.3 is 0 Å². The monoisotopic (exact) mass is 325 g/mol. The molecule has 114 valence electrons. The lowest BCUT2D eigenvalue weighted by atomic mass is 9.66. The predicted molar refractivity (Wildman–Crippen MR) is 86.3 cm³/mol. The van der Waals surface area contributed by atoms with E-state index in [1.54, 1.807) is 18.2 Å². The normalized spacial score (nSPS) is 27.1. The zero-order chi connectivity index (χ0) is 15.5. The van der Waals surface area contributed by atoms with Crippen LogP contribution in [-0.2, 0) is 0 Å². The molecule has 0 aliphatic heterocycles. The molecule has 1 aliphatic rings. The SMILES string of the molecule is CCCC1CCC(C#N)(C(O)c2cc(Cl)cc(Cl)c2)CC1. The first kappa shape index (κ1) is 16.6. The van der Waals surface area contributed by atoms with E-state index in [0.29, 0.717) is 21.5 Å². The summed E-state index contributed by atoms with van der Waals surface area (Å²) in [5.74, 6) is 0.687. The van der Waals surface area contributed by atoms with Crippen molar-refractivity contribution in [3.8, 4) is 6.07 Å². The molecule has 0 bridgehead atoms. The van der Waals surface area contributed by atoms with Crippen molar-refractivity contribution in [2.45, 2.75) is 51.6 Å². The Hall–Kier alpha value is -0.750. The van der Waals surface area contributed by atoms with Gasteiger partial charge in [-0.1, -0.05) is 43.0 Å². The minimum Gasteiger partial charge on any atom is -0.387 e. The number of aliphatic hydroxyl groups is 1. The molecule has 0 spiro atoms. The van der Waals surface area contributed by atoms with E-state index in [9.17, 15) is 10.4 Å². The summed E-state index contributed by atoms with van der Waals surface area (Å²) < 4.78 is 0. The van der Waals surface area contributed by atoms with Gasteiger partial charge in [-0.05, 0) is 55.4 Å². The number of hydrogen-bond acceptors (Lipinski definition) is 2. The van der Waals surface area contributed by atoms with Crippen molar-refractivity contribution in [2.24, 2.45) is 11.3 Å². The fourth-order valence-corrected chi connectivity index (χ4v) is 3.93. The van der Waals surface area contributed by atoms with Crippen molar-refractivity contribution in [3.63, 3.8) is 0 Å². The molecule has 0 heterocycles. The summed E-state index contributed by atoms with van der Waals surface area (Å²) in [6.45, 7) is 2.19. The first-order chi connectivity index (χ1) is 10.0. The summed E-state index contributed by atoms with van der Waals surface area (Å²) in [7, 11) is 0. The van der Waals surface area contributed by atoms with E-state index in [0.717, 1.165) is 25.7 Å². The first-order valence-electron chi connectivity index (χ1n) is 7.56. The number of hydrogen-bond donors (Lipinski definition) is 1. The summed E-state index contributed by atoms with van der Waals surface area (Å²) in [4.78, 5) is 0. The second kappa shape index (κ2) is 7.01. The van der Waals surface area contributed by atoms with Crippen molar-refractivity contribution in [2.75, 3.05) is 0 Å². The highest BCUT2D eigenvalue weighted by Gasteiger charge is 2.42. The van der Waals surface area contributed by atoms with Crippen molar-refractivity contribution < 1.29 is 5.11 Å². The van der Waals surface area contributed by atoms with Crippen LogP contribution in [0, 0.1) is 22.7 Å². The molecule has 1 aromatic rings. The fraction of sp³-hybridized carbons (Fsp3) is 0.588. The Kier molecular flexibility index (Phi) is 5.54. The lowest BCUT2D eigenvalue weighted by Crippen LogP contribution is -2.32. The Morgan fingerprint density at radius 1 is 1.29 bits per heavy atom. The highest BCUT2D eigenvalue weighted by Crippen LogP contribution is 2.48. The molecule has 0 amide bonds. The average Bonchev–Trinajstić information content (AvgIpc) is 2.47. The summed E-state index contributed by atoms with van der Waals surface area (Å²) in [6.07, 6.45) is 5.04. The van der Waals surface area contributed by atoms with Gasteiger partial charge in [0.25, 0.3) is 0 Å². The minimum atomic E-state index is -0.832. The van der Waals surface area contributed by atoms with Gasteiger partial charge < -0.3 is 5.11 Å². The third-order valence-corrected chi connectivity index (χ3v) is 5.08. The van der Waals surface area contributed by atoms with Gasteiger partial charge in [-0.2, -0.15) is 5.26 Å². The van der Waals surface area contributed by atoms with Crippen molar-refractivity contribution in [1.82, 2.24) is 0 Å². The van der Waals surface area contributed by atoms with Gasteiger partial charge in [0.15, 0.2) is 0 Å². The Morgan fingerprint density at radius 2 is 1.86 bits per heavy atom. The predicted octanol–water partition coefficient (Wildman–Crippen LogP) is 5.53. The van der Waals surface area contributed by atoms with Crippen LogP contribution in [-0.4, -0.2) is 5.11 Å². The van der Waals surface area contributed by atoms with Gasteiger partial charge in [0.05, 0.1) is 17.6 Å². The molecule has 21 heavy (non-hydrogen) atoms. The Morgan fingerprint density at radius 3 is 2.33 bits per heavy atom. The minimum absolute atomic E-state index is 0.490. The number of halogens is 2. The molecular formula is C17H21Cl2NO. The zero-order valence-electron chi connectivity index (χ0n) is 12.3. The van der Waals surface area contributed by atoms with Crippen LogP contribution in [0.3, 0.4) is 0 Å². The first-order valence-corrected chi connectivity index (χ1v) is 8.31. The second-order valence-corrected chi connectivity index (χ2v) is 6.98. The Bertz CT molecular complexity index is 510. The van der Waals surface area contributed by atoms with E-state index in [-0.39, 0.29) is 0 Å². The van der Waals surface area contributed by atoms with Crippen LogP contribution in [0.2, 0.25) is 10.0 Å². The van der Waals surface area contributed by atoms with Gasteiger partial charge in [-0.3, -0.25) is 0 Å². The van der Waals surface area contributed by atoms with E-state index < -0.39 is 11.5 Å². The van der Waals surface area contributed by atoms with Crippen molar-refractivity contribution in [1.29, 1.82) is 5.26 Å². The molecule has 0 radical (unpaired) electrons. The topological polar surface area (TPSA) is 44.0 Å². The molecule has 1 unspecified atom stereocenters. The maximum absolute atomic E-state index is 10.7. The van der Waals surface area contributed by atoms with Crippen molar-refractivity contribution >= 4 is 23.2 Å². The number of nitrogens with zero attached hydrogens (tertiary/aromatic N) is 1. The van der Waals surface area contributed by atoms with E-state index >= 15 is 0 Å². The van der Waals surface area contributed by atoms with Crippen LogP contribution in [0.5, 0.6) is 0 Å². The van der Waals surface area contributed by atoms with E-state index in [4.69, 9.17) is 23.2 Å². The molecule has 1 atom stereocenters. The molecule has 0 aromatic heterocycles. The smallest absolute Gasteiger partial charge is 0.0977 e. The van der Waals surface area contributed by atoms with Gasteiger partial charge in [0, 0.05) is 10.0 Å². The van der Waals surface area contributed by atoms with Crippen LogP contribution >= 0.6 is 23.2 Å². The quantitative estimate of drug-likeness (QED) is 0.791. The summed E-state index contributed by atoms with van der Waals surface area (Å²) >= 11 is 12.0. The van der Waals surface area contributed by atoms with Gasteiger partial charge in [0.2, 0.25) is 0 Å². The molecular weight excluding hydrogens is 305 g/mol. The van der Waals surface area contributed by atoms with Gasteiger partial charge in [-0.25, -0.2) is 0 Å². The molecule has 1 aromatic carbocycles. The van der Waals surface area contributed by atoms with Crippen LogP contribution < -0.4 is 0 Å². The summed E-state index contributed by atoms with van der Waals surface area (Å²) in [5.41, 5.74) is -0.0684. The zero-order valence-corrected chi connectivity index (χ0v) is 13.8. The summed E-state index contributed by atoms with van der Waals surface area (Å²) in [6, 6.07) is 7.42. The van der Waals surface area contributed by atoms with Crippen molar-refractivity contribution in [3.05, 3.63) is 33.8 Å². The lowest BCUT2D eigenvalue weighted by molar-refractivity contribution is 0.0237. The van der Waals surface area contributed by atoms with Crippen LogP contribution in [0.25, 0.3) is 0 Å². The molecule has 1 aliphatic carbocycles. The molecule has 0 saturated heterocycles. The maximum atomic E-state index is 10.7. The number of rotatable bonds is 4.